The second-order valence-electron chi connectivity index (χ2n) is 7.43. The monoisotopic (exact) mass is 435 g/mol. The van der Waals surface area contributed by atoms with Crippen LogP contribution in [0, 0.1) is 0 Å². The van der Waals surface area contributed by atoms with Gasteiger partial charge in [-0.25, -0.2) is 4.98 Å². The molecule has 4 rings (SSSR count). The number of aromatic nitrogens is 3. The number of H-pyrrole nitrogens is 1. The molecule has 0 aliphatic carbocycles. The van der Waals surface area contributed by atoms with E-state index in [1.807, 2.05) is 42.5 Å². The molecule has 1 aliphatic rings. The number of methoxy groups -OCH3 is 1. The highest BCUT2D eigenvalue weighted by Crippen LogP contribution is 2.27. The molecule has 0 fully saturated rings. The lowest BCUT2D eigenvalue weighted by atomic mass is 10.0. The van der Waals surface area contributed by atoms with Crippen molar-refractivity contribution in [2.45, 2.75) is 32.2 Å². The Morgan fingerprint density at radius 2 is 1.94 bits per heavy atom. The molecule has 0 radical (unpaired) electrons. The summed E-state index contributed by atoms with van der Waals surface area (Å²) in [6.07, 6.45) is 2.14. The Morgan fingerprint density at radius 1 is 1.12 bits per heavy atom. The Labute approximate surface area is 185 Å². The van der Waals surface area contributed by atoms with Crippen LogP contribution in [0.2, 0.25) is 0 Å². The van der Waals surface area contributed by atoms with Crippen molar-refractivity contribution in [2.75, 3.05) is 19.0 Å². The summed E-state index contributed by atoms with van der Waals surface area (Å²) in [5.41, 5.74) is 2.78. The maximum atomic E-state index is 12.1. The lowest BCUT2D eigenvalue weighted by Crippen LogP contribution is -2.23. The number of aromatic amines is 1. The SMILES string of the molecule is COc1ccc(-c2n[nH]c(CNC(=O)CCCOc3ccc4c(c3)CCC(=O)N4)n2)cc1. The number of rotatable bonds is 9. The van der Waals surface area contributed by atoms with Crippen LogP contribution < -0.4 is 20.1 Å². The van der Waals surface area contributed by atoms with Crippen LogP contribution >= 0.6 is 0 Å². The van der Waals surface area contributed by atoms with Crippen molar-refractivity contribution in [3.8, 4) is 22.9 Å². The Morgan fingerprint density at radius 3 is 2.75 bits per heavy atom. The molecule has 1 aromatic heterocycles. The molecule has 0 bridgehead atoms. The summed E-state index contributed by atoms with van der Waals surface area (Å²) < 4.78 is 10.9. The van der Waals surface area contributed by atoms with Crippen LogP contribution in [0.25, 0.3) is 11.4 Å². The van der Waals surface area contributed by atoms with Gasteiger partial charge in [-0.15, -0.1) is 0 Å². The van der Waals surface area contributed by atoms with Crippen LogP contribution in [-0.4, -0.2) is 40.7 Å². The van der Waals surface area contributed by atoms with E-state index in [9.17, 15) is 9.59 Å². The highest BCUT2D eigenvalue weighted by atomic mass is 16.5. The van der Waals surface area contributed by atoms with Crippen LogP contribution in [0.4, 0.5) is 5.69 Å². The third-order valence-corrected chi connectivity index (χ3v) is 5.12. The highest BCUT2D eigenvalue weighted by molar-refractivity contribution is 5.94. The number of benzene rings is 2. The minimum Gasteiger partial charge on any atom is -0.497 e. The third-order valence-electron chi connectivity index (χ3n) is 5.12. The summed E-state index contributed by atoms with van der Waals surface area (Å²) in [6.45, 7) is 0.710. The maximum Gasteiger partial charge on any atom is 0.224 e. The zero-order valence-electron chi connectivity index (χ0n) is 17.8. The topological polar surface area (TPSA) is 118 Å². The molecule has 2 heterocycles. The van der Waals surface area contributed by atoms with Crippen LogP contribution in [0.5, 0.6) is 11.5 Å². The second kappa shape index (κ2) is 9.95. The van der Waals surface area contributed by atoms with E-state index in [1.54, 1.807) is 7.11 Å². The largest absolute Gasteiger partial charge is 0.497 e. The molecule has 2 amide bonds. The average Bonchev–Trinajstić information content (AvgIpc) is 3.29. The molecular weight excluding hydrogens is 410 g/mol. The van der Waals surface area contributed by atoms with Crippen LogP contribution in [0.15, 0.2) is 42.5 Å². The second-order valence-corrected chi connectivity index (χ2v) is 7.43. The predicted molar refractivity (Wildman–Crippen MR) is 118 cm³/mol. The molecule has 166 valence electrons. The first kappa shape index (κ1) is 21.4. The van der Waals surface area contributed by atoms with Gasteiger partial charge >= 0.3 is 0 Å². The average molecular weight is 435 g/mol. The molecule has 0 spiro atoms. The quantitative estimate of drug-likeness (QED) is 0.445. The van der Waals surface area contributed by atoms with E-state index in [0.29, 0.717) is 43.9 Å². The van der Waals surface area contributed by atoms with Crippen molar-refractivity contribution in [1.82, 2.24) is 20.5 Å². The number of hydrogen-bond donors (Lipinski definition) is 3. The summed E-state index contributed by atoms with van der Waals surface area (Å²) in [5.74, 6) is 2.62. The molecule has 1 aliphatic heterocycles. The van der Waals surface area contributed by atoms with E-state index < -0.39 is 0 Å². The first-order valence-electron chi connectivity index (χ1n) is 10.5. The summed E-state index contributed by atoms with van der Waals surface area (Å²) in [6, 6.07) is 13.1. The summed E-state index contributed by atoms with van der Waals surface area (Å²) in [5, 5.41) is 12.7. The van der Waals surface area contributed by atoms with Gasteiger partial charge in [0.1, 0.15) is 17.3 Å². The van der Waals surface area contributed by atoms with E-state index in [-0.39, 0.29) is 18.4 Å². The van der Waals surface area contributed by atoms with Gasteiger partial charge < -0.3 is 20.1 Å². The number of aryl methyl sites for hydroxylation is 1. The molecule has 2 aromatic carbocycles. The van der Waals surface area contributed by atoms with Crippen molar-refractivity contribution < 1.29 is 19.1 Å². The number of carbonyl (C=O) groups excluding carboxylic acids is 2. The van der Waals surface area contributed by atoms with Gasteiger partial charge in [0.25, 0.3) is 0 Å². The highest BCUT2D eigenvalue weighted by Gasteiger charge is 2.15. The Kier molecular flexibility index (Phi) is 6.64. The molecule has 0 saturated carbocycles. The Bertz CT molecular complexity index is 1090. The van der Waals surface area contributed by atoms with Crippen LogP contribution in [0.3, 0.4) is 0 Å². The lowest BCUT2D eigenvalue weighted by Gasteiger charge is -2.17. The molecular formula is C23H25N5O4. The van der Waals surface area contributed by atoms with Crippen molar-refractivity contribution >= 4 is 17.5 Å². The number of hydrogen-bond acceptors (Lipinski definition) is 6. The van der Waals surface area contributed by atoms with E-state index in [4.69, 9.17) is 9.47 Å². The fraction of sp³-hybridized carbons (Fsp3) is 0.304. The van der Waals surface area contributed by atoms with E-state index in [2.05, 4.69) is 25.8 Å². The fourth-order valence-corrected chi connectivity index (χ4v) is 3.39. The van der Waals surface area contributed by atoms with Gasteiger partial charge in [-0.2, -0.15) is 5.10 Å². The summed E-state index contributed by atoms with van der Waals surface area (Å²) >= 11 is 0. The van der Waals surface area contributed by atoms with Gasteiger partial charge in [0, 0.05) is 24.1 Å². The van der Waals surface area contributed by atoms with Crippen molar-refractivity contribution in [3.05, 3.63) is 53.9 Å². The minimum atomic E-state index is -0.0795. The molecule has 9 nitrogen and oxygen atoms in total. The van der Waals surface area contributed by atoms with E-state index in [0.717, 1.165) is 28.3 Å². The van der Waals surface area contributed by atoms with Crippen molar-refractivity contribution in [2.24, 2.45) is 0 Å². The van der Waals surface area contributed by atoms with Crippen LogP contribution in [0.1, 0.15) is 30.7 Å². The molecule has 0 unspecified atom stereocenters. The molecule has 3 aromatic rings. The number of fused-ring (bicyclic) bond motifs is 1. The van der Waals surface area contributed by atoms with Gasteiger partial charge in [-0.05, 0) is 60.9 Å². The number of carbonyl (C=O) groups is 2. The van der Waals surface area contributed by atoms with Gasteiger partial charge in [0.05, 0.1) is 20.3 Å². The first-order valence-corrected chi connectivity index (χ1v) is 10.5. The fourth-order valence-electron chi connectivity index (χ4n) is 3.39. The number of nitrogens with one attached hydrogen (secondary N) is 3. The standard InChI is InChI=1S/C23H25N5O4/c1-31-17-7-4-15(5-8-17)23-26-20(27-28-23)14-24-21(29)3-2-12-32-18-9-10-19-16(13-18)6-11-22(30)25-19/h4-5,7-10,13H,2-3,6,11-12,14H2,1H3,(H,24,29)(H,25,30)(H,26,27,28). The zero-order valence-corrected chi connectivity index (χ0v) is 17.8. The molecule has 0 atom stereocenters. The molecule has 3 N–H and O–H groups in total. The number of ether oxygens (including phenoxy) is 2. The third kappa shape index (κ3) is 5.42. The zero-order chi connectivity index (χ0) is 22.3. The van der Waals surface area contributed by atoms with Gasteiger partial charge in [0.15, 0.2) is 5.82 Å². The van der Waals surface area contributed by atoms with E-state index >= 15 is 0 Å². The van der Waals surface area contributed by atoms with Gasteiger partial charge in [-0.1, -0.05) is 0 Å². The normalized spacial score (nSPS) is 12.6. The van der Waals surface area contributed by atoms with Crippen molar-refractivity contribution in [3.63, 3.8) is 0 Å². The van der Waals surface area contributed by atoms with Gasteiger partial charge in [-0.3, -0.25) is 14.7 Å². The van der Waals surface area contributed by atoms with Gasteiger partial charge in [0.2, 0.25) is 11.8 Å². The Hall–Kier alpha value is -3.88. The van der Waals surface area contributed by atoms with Crippen LogP contribution in [-0.2, 0) is 22.6 Å². The number of nitrogens with zero attached hydrogens (tertiary/aromatic N) is 2. The van der Waals surface area contributed by atoms with Crippen molar-refractivity contribution in [1.29, 1.82) is 0 Å². The van der Waals surface area contributed by atoms with E-state index in [1.165, 1.54) is 0 Å². The molecule has 9 heteroatoms. The minimum absolute atomic E-state index is 0.0412. The summed E-state index contributed by atoms with van der Waals surface area (Å²) in [7, 11) is 1.62. The number of amides is 2. The first-order chi connectivity index (χ1) is 15.6. The lowest BCUT2D eigenvalue weighted by molar-refractivity contribution is -0.121. The number of anilines is 1. The summed E-state index contributed by atoms with van der Waals surface area (Å²) in [4.78, 5) is 27.9. The molecule has 32 heavy (non-hydrogen) atoms. The molecule has 0 saturated heterocycles. The Balaban J connectivity index is 1.17. The smallest absolute Gasteiger partial charge is 0.224 e. The maximum absolute atomic E-state index is 12.1. The predicted octanol–water partition coefficient (Wildman–Crippen LogP) is 2.84.